The zero-order chi connectivity index (χ0) is 10.0. The molecule has 0 aliphatic carbocycles. The zero-order valence-electron chi connectivity index (χ0n) is 7.05. The standard InChI is InChI=1S/C6H7N3O4/c1-4(10)13-6-5(9(11)12)3-7-8(6)2/h3H,1-2H3. The number of nitrogens with zero attached hydrogens (tertiary/aromatic N) is 3. The second-order valence-corrected chi connectivity index (χ2v) is 2.31. The minimum absolute atomic E-state index is 0.155. The molecule has 0 bridgehead atoms. The van der Waals surface area contributed by atoms with Gasteiger partial charge >= 0.3 is 11.7 Å². The van der Waals surface area contributed by atoms with Gasteiger partial charge in [-0.25, -0.2) is 4.68 Å². The van der Waals surface area contributed by atoms with Crippen LogP contribution in [0.15, 0.2) is 6.20 Å². The Labute approximate surface area is 73.1 Å². The topological polar surface area (TPSA) is 87.3 Å². The molecule has 7 heteroatoms. The fourth-order valence-corrected chi connectivity index (χ4v) is 0.794. The molecule has 0 aliphatic rings. The Hall–Kier alpha value is -1.92. The van der Waals surface area contributed by atoms with Crippen molar-refractivity contribution in [3.8, 4) is 5.88 Å². The van der Waals surface area contributed by atoms with E-state index < -0.39 is 10.9 Å². The van der Waals surface area contributed by atoms with Gasteiger partial charge in [0, 0.05) is 14.0 Å². The first kappa shape index (κ1) is 9.17. The first-order chi connectivity index (χ1) is 6.02. The van der Waals surface area contributed by atoms with Crippen molar-refractivity contribution < 1.29 is 14.5 Å². The third-order valence-electron chi connectivity index (χ3n) is 1.30. The highest BCUT2D eigenvalue weighted by atomic mass is 16.6. The Kier molecular flexibility index (Phi) is 2.27. The molecule has 0 saturated heterocycles. The van der Waals surface area contributed by atoms with Crippen molar-refractivity contribution in [1.29, 1.82) is 0 Å². The van der Waals surface area contributed by atoms with Gasteiger partial charge in [0.2, 0.25) is 0 Å². The van der Waals surface area contributed by atoms with Gasteiger partial charge in [-0.2, -0.15) is 5.10 Å². The van der Waals surface area contributed by atoms with Crippen LogP contribution in [-0.2, 0) is 11.8 Å². The lowest BCUT2D eigenvalue weighted by atomic mass is 10.5. The smallest absolute Gasteiger partial charge is 0.350 e. The highest BCUT2D eigenvalue weighted by Gasteiger charge is 2.21. The first-order valence-corrected chi connectivity index (χ1v) is 3.37. The highest BCUT2D eigenvalue weighted by Crippen LogP contribution is 2.24. The maximum atomic E-state index is 10.6. The van der Waals surface area contributed by atoms with Crippen molar-refractivity contribution in [2.45, 2.75) is 6.92 Å². The van der Waals surface area contributed by atoms with E-state index in [-0.39, 0.29) is 11.6 Å². The molecule has 0 fully saturated rings. The third-order valence-corrected chi connectivity index (χ3v) is 1.30. The third kappa shape index (κ3) is 1.81. The highest BCUT2D eigenvalue weighted by molar-refractivity contribution is 5.70. The molecule has 1 aromatic heterocycles. The van der Waals surface area contributed by atoms with Crippen molar-refractivity contribution in [1.82, 2.24) is 9.78 Å². The average molecular weight is 185 g/mol. The predicted molar refractivity (Wildman–Crippen MR) is 41.2 cm³/mol. The summed E-state index contributed by atoms with van der Waals surface area (Å²) in [5.41, 5.74) is -0.322. The lowest BCUT2D eigenvalue weighted by molar-refractivity contribution is -0.385. The predicted octanol–water partition coefficient (Wildman–Crippen LogP) is 0.254. The van der Waals surface area contributed by atoms with Crippen LogP contribution in [0.25, 0.3) is 0 Å². The van der Waals surface area contributed by atoms with Gasteiger partial charge in [0.15, 0.2) is 0 Å². The number of ether oxygens (including phenoxy) is 1. The van der Waals surface area contributed by atoms with Crippen molar-refractivity contribution >= 4 is 11.7 Å². The van der Waals surface area contributed by atoms with E-state index in [0.29, 0.717) is 0 Å². The molecule has 0 amide bonds. The van der Waals surface area contributed by atoms with Gasteiger partial charge in [0.25, 0.3) is 5.88 Å². The number of carbonyl (C=O) groups excluding carboxylic acids is 1. The lowest BCUT2D eigenvalue weighted by Crippen LogP contribution is -2.07. The number of aryl methyl sites for hydroxylation is 1. The summed E-state index contributed by atoms with van der Waals surface area (Å²) in [7, 11) is 1.45. The van der Waals surface area contributed by atoms with E-state index in [1.165, 1.54) is 7.05 Å². The number of rotatable bonds is 2. The maximum Gasteiger partial charge on any atom is 0.350 e. The minimum Gasteiger partial charge on any atom is -0.401 e. The maximum absolute atomic E-state index is 10.6. The molecule has 1 heterocycles. The molecule has 1 rings (SSSR count). The fraction of sp³-hybridized carbons (Fsp3) is 0.333. The van der Waals surface area contributed by atoms with Gasteiger partial charge in [-0.05, 0) is 0 Å². The van der Waals surface area contributed by atoms with Gasteiger partial charge in [-0.15, -0.1) is 0 Å². The first-order valence-electron chi connectivity index (χ1n) is 3.37. The van der Waals surface area contributed by atoms with Crippen LogP contribution in [0.1, 0.15) is 6.92 Å². The molecule has 0 aromatic carbocycles. The van der Waals surface area contributed by atoms with Crippen molar-refractivity contribution in [3.05, 3.63) is 16.3 Å². The van der Waals surface area contributed by atoms with E-state index in [0.717, 1.165) is 17.8 Å². The van der Waals surface area contributed by atoms with E-state index in [9.17, 15) is 14.9 Å². The van der Waals surface area contributed by atoms with E-state index in [1.54, 1.807) is 0 Å². The Balaban J connectivity index is 3.08. The minimum atomic E-state index is -0.661. The monoisotopic (exact) mass is 185 g/mol. The molecule has 1 aromatic rings. The van der Waals surface area contributed by atoms with E-state index >= 15 is 0 Å². The van der Waals surface area contributed by atoms with Crippen LogP contribution in [0.4, 0.5) is 5.69 Å². The van der Waals surface area contributed by atoms with Crippen LogP contribution in [0, 0.1) is 10.1 Å². The summed E-state index contributed by atoms with van der Waals surface area (Å²) in [6.45, 7) is 1.16. The fourth-order valence-electron chi connectivity index (χ4n) is 0.794. The summed E-state index contributed by atoms with van der Waals surface area (Å²) >= 11 is 0. The summed E-state index contributed by atoms with van der Waals surface area (Å²) in [6.07, 6.45) is 1.03. The molecule has 0 unspecified atom stereocenters. The van der Waals surface area contributed by atoms with E-state index in [4.69, 9.17) is 0 Å². The van der Waals surface area contributed by atoms with E-state index in [1.807, 2.05) is 0 Å². The number of hydrogen-bond donors (Lipinski definition) is 0. The molecule has 0 radical (unpaired) electrons. The van der Waals surface area contributed by atoms with Crippen molar-refractivity contribution in [3.63, 3.8) is 0 Å². The van der Waals surface area contributed by atoms with Crippen molar-refractivity contribution in [2.24, 2.45) is 7.05 Å². The van der Waals surface area contributed by atoms with Gasteiger partial charge in [0.1, 0.15) is 6.20 Å². The molecule has 0 spiro atoms. The van der Waals surface area contributed by atoms with Crippen LogP contribution in [0.3, 0.4) is 0 Å². The van der Waals surface area contributed by atoms with Gasteiger partial charge in [0.05, 0.1) is 4.92 Å². The summed E-state index contributed by atoms with van der Waals surface area (Å²) in [6, 6.07) is 0. The van der Waals surface area contributed by atoms with Crippen LogP contribution in [0.2, 0.25) is 0 Å². The lowest BCUT2D eigenvalue weighted by Gasteiger charge is -1.98. The Bertz CT molecular complexity index is 357. The number of nitro groups is 1. The van der Waals surface area contributed by atoms with Crippen molar-refractivity contribution in [2.75, 3.05) is 0 Å². The summed E-state index contributed by atoms with van der Waals surface area (Å²) in [5, 5.41) is 14.0. The molecule has 0 N–H and O–H groups in total. The zero-order valence-corrected chi connectivity index (χ0v) is 7.05. The number of aromatic nitrogens is 2. The van der Waals surface area contributed by atoms with Crippen LogP contribution < -0.4 is 4.74 Å². The Morgan fingerprint density at radius 2 is 2.38 bits per heavy atom. The molecular weight excluding hydrogens is 178 g/mol. The molecule has 70 valence electrons. The number of esters is 1. The van der Waals surface area contributed by atoms with Gasteiger partial charge in [-0.1, -0.05) is 0 Å². The van der Waals surface area contributed by atoms with E-state index in [2.05, 4.69) is 9.84 Å². The second kappa shape index (κ2) is 3.21. The number of hydrogen-bond acceptors (Lipinski definition) is 5. The molecule has 0 atom stereocenters. The Morgan fingerprint density at radius 3 is 2.85 bits per heavy atom. The summed E-state index contributed by atoms with van der Waals surface area (Å²) < 4.78 is 5.72. The number of carbonyl (C=O) groups is 1. The molecular formula is C6H7N3O4. The molecule has 0 aliphatic heterocycles. The molecule has 13 heavy (non-hydrogen) atoms. The summed E-state index contributed by atoms with van der Waals surface area (Å²) in [5.74, 6) is -0.774. The normalized spacial score (nSPS) is 9.69. The van der Waals surface area contributed by atoms with Crippen LogP contribution in [-0.4, -0.2) is 20.7 Å². The Morgan fingerprint density at radius 1 is 1.77 bits per heavy atom. The summed E-state index contributed by atoms with van der Waals surface area (Å²) in [4.78, 5) is 20.3. The van der Waals surface area contributed by atoms with Crippen LogP contribution in [0.5, 0.6) is 5.88 Å². The van der Waals surface area contributed by atoms with Gasteiger partial charge in [-0.3, -0.25) is 14.9 Å². The molecule has 0 saturated carbocycles. The quantitative estimate of drug-likeness (QED) is 0.374. The van der Waals surface area contributed by atoms with Gasteiger partial charge < -0.3 is 4.74 Å². The van der Waals surface area contributed by atoms with Crippen LogP contribution >= 0.6 is 0 Å². The largest absolute Gasteiger partial charge is 0.401 e. The average Bonchev–Trinajstić information content (AvgIpc) is 2.32. The molecule has 7 nitrogen and oxygen atoms in total. The SMILES string of the molecule is CC(=O)Oc1c([N+](=O)[O-])cnn1C. The second-order valence-electron chi connectivity index (χ2n) is 2.31.